The molecule has 0 radical (unpaired) electrons. The molecule has 6 nitrogen and oxygen atoms in total. The van der Waals surface area contributed by atoms with Gasteiger partial charge in [-0.15, -0.1) is 11.3 Å². The molecule has 1 heterocycles. The average molecular weight is 380 g/mol. The van der Waals surface area contributed by atoms with Crippen LogP contribution in [-0.2, 0) is 14.8 Å². The van der Waals surface area contributed by atoms with Gasteiger partial charge in [0.15, 0.2) is 0 Å². The fraction of sp³-hybridized carbons (Fsp3) is 0.294. The summed E-state index contributed by atoms with van der Waals surface area (Å²) in [6.07, 6.45) is 2.64. The monoisotopic (exact) mass is 379 g/mol. The molecule has 1 aromatic heterocycles. The van der Waals surface area contributed by atoms with Gasteiger partial charge in [-0.2, -0.15) is 5.10 Å². The topological polar surface area (TPSA) is 78.8 Å². The summed E-state index contributed by atoms with van der Waals surface area (Å²) in [6.45, 7) is 5.36. The largest absolute Gasteiger partial charge is 0.271 e. The number of sulfonamides is 1. The molecule has 0 saturated carbocycles. The lowest BCUT2D eigenvalue weighted by Gasteiger charge is -2.23. The van der Waals surface area contributed by atoms with Crippen LogP contribution >= 0.6 is 11.3 Å². The maximum Gasteiger partial charge on any atom is 0.260 e. The van der Waals surface area contributed by atoms with E-state index in [2.05, 4.69) is 10.5 Å². The van der Waals surface area contributed by atoms with Crippen molar-refractivity contribution in [3.05, 3.63) is 51.2 Å². The molecule has 0 spiro atoms. The molecule has 1 N–H and O–H groups in total. The lowest BCUT2D eigenvalue weighted by molar-refractivity contribution is -0.119. The summed E-state index contributed by atoms with van der Waals surface area (Å²) in [5, 5.41) is 5.84. The number of nitrogens with zero attached hydrogens (tertiary/aromatic N) is 2. The van der Waals surface area contributed by atoms with Crippen LogP contribution in [0.4, 0.5) is 5.69 Å². The van der Waals surface area contributed by atoms with Gasteiger partial charge in [0.2, 0.25) is 10.0 Å². The van der Waals surface area contributed by atoms with Crippen molar-refractivity contribution < 1.29 is 13.2 Å². The van der Waals surface area contributed by atoms with E-state index in [1.54, 1.807) is 12.3 Å². The maximum atomic E-state index is 12.1. The summed E-state index contributed by atoms with van der Waals surface area (Å²) in [4.78, 5) is 13.1. The van der Waals surface area contributed by atoms with E-state index in [-0.39, 0.29) is 6.54 Å². The summed E-state index contributed by atoms with van der Waals surface area (Å²) in [5.41, 5.74) is 5.75. The van der Waals surface area contributed by atoms with Crippen LogP contribution in [0.25, 0.3) is 0 Å². The predicted molar refractivity (Wildman–Crippen MR) is 103 cm³/mol. The van der Waals surface area contributed by atoms with E-state index in [1.807, 2.05) is 44.4 Å². The number of hydrogen-bond donors (Lipinski definition) is 1. The van der Waals surface area contributed by atoms with Gasteiger partial charge in [0.1, 0.15) is 6.54 Å². The van der Waals surface area contributed by atoms with Crippen LogP contribution in [0, 0.1) is 20.8 Å². The Morgan fingerprint density at radius 2 is 1.96 bits per heavy atom. The molecule has 0 aliphatic rings. The molecule has 25 heavy (non-hydrogen) atoms. The van der Waals surface area contributed by atoms with E-state index in [4.69, 9.17) is 0 Å². The van der Waals surface area contributed by atoms with Crippen LogP contribution < -0.4 is 9.73 Å². The van der Waals surface area contributed by atoms with Crippen LogP contribution in [0.3, 0.4) is 0 Å². The molecule has 0 aliphatic heterocycles. The van der Waals surface area contributed by atoms with E-state index in [9.17, 15) is 13.2 Å². The zero-order chi connectivity index (χ0) is 18.6. The van der Waals surface area contributed by atoms with E-state index < -0.39 is 15.9 Å². The van der Waals surface area contributed by atoms with Crippen molar-refractivity contribution in [1.29, 1.82) is 0 Å². The SMILES string of the molecule is Cc1ccc(N(CC(=O)N/N=C\c2sccc2C)S(C)(=O)=O)c(C)c1. The highest BCUT2D eigenvalue weighted by molar-refractivity contribution is 7.92. The van der Waals surface area contributed by atoms with E-state index in [0.29, 0.717) is 5.69 Å². The minimum atomic E-state index is -3.60. The Morgan fingerprint density at radius 1 is 1.24 bits per heavy atom. The Kier molecular flexibility index (Phi) is 5.97. The van der Waals surface area contributed by atoms with E-state index >= 15 is 0 Å². The molecule has 2 rings (SSSR count). The molecule has 0 fully saturated rings. The Labute approximate surface area is 152 Å². The molecule has 0 saturated heterocycles. The fourth-order valence-corrected chi connectivity index (χ4v) is 4.01. The van der Waals surface area contributed by atoms with E-state index in [0.717, 1.165) is 32.1 Å². The quantitative estimate of drug-likeness (QED) is 0.619. The molecular formula is C17H21N3O3S2. The van der Waals surface area contributed by atoms with Gasteiger partial charge in [-0.1, -0.05) is 17.7 Å². The minimum Gasteiger partial charge on any atom is -0.271 e. The maximum absolute atomic E-state index is 12.1. The Balaban J connectivity index is 2.13. The van der Waals surface area contributed by atoms with Gasteiger partial charge in [0, 0.05) is 4.88 Å². The molecule has 2 aromatic rings. The molecule has 0 bridgehead atoms. The smallest absolute Gasteiger partial charge is 0.260 e. The number of amides is 1. The molecule has 1 amide bonds. The van der Waals surface area contributed by atoms with Gasteiger partial charge >= 0.3 is 0 Å². The van der Waals surface area contributed by atoms with Crippen molar-refractivity contribution in [2.24, 2.45) is 5.10 Å². The third-order valence-electron chi connectivity index (χ3n) is 3.58. The Hall–Kier alpha value is -2.19. The third kappa shape index (κ3) is 5.14. The third-order valence-corrected chi connectivity index (χ3v) is 5.66. The molecule has 0 atom stereocenters. The van der Waals surface area contributed by atoms with E-state index in [1.165, 1.54) is 11.3 Å². The van der Waals surface area contributed by atoms with Crippen LogP contribution in [-0.4, -0.2) is 33.3 Å². The number of thiophene rings is 1. The number of carbonyl (C=O) groups is 1. The zero-order valence-corrected chi connectivity index (χ0v) is 16.2. The normalized spacial score (nSPS) is 11.7. The van der Waals surface area contributed by atoms with Crippen molar-refractivity contribution in [2.75, 3.05) is 17.1 Å². The van der Waals surface area contributed by atoms with Crippen LogP contribution in [0.15, 0.2) is 34.7 Å². The summed E-state index contributed by atoms with van der Waals surface area (Å²) in [6, 6.07) is 7.36. The van der Waals surface area contributed by atoms with Crippen LogP contribution in [0.2, 0.25) is 0 Å². The molecule has 1 aromatic carbocycles. The molecule has 0 unspecified atom stereocenters. The second-order valence-electron chi connectivity index (χ2n) is 5.82. The summed E-state index contributed by atoms with van der Waals surface area (Å²) in [7, 11) is -3.60. The lowest BCUT2D eigenvalue weighted by Crippen LogP contribution is -2.39. The number of benzene rings is 1. The minimum absolute atomic E-state index is 0.330. The highest BCUT2D eigenvalue weighted by Gasteiger charge is 2.22. The highest BCUT2D eigenvalue weighted by atomic mass is 32.2. The van der Waals surface area contributed by atoms with Crippen molar-refractivity contribution in [3.63, 3.8) is 0 Å². The number of anilines is 1. The van der Waals surface area contributed by atoms with Gasteiger partial charge in [-0.05, 0) is 49.4 Å². The second kappa shape index (κ2) is 7.79. The van der Waals surface area contributed by atoms with Gasteiger partial charge in [-0.25, -0.2) is 13.8 Å². The number of rotatable bonds is 6. The molecule has 0 aliphatic carbocycles. The van der Waals surface area contributed by atoms with Gasteiger partial charge in [-0.3, -0.25) is 9.10 Å². The first-order valence-corrected chi connectivity index (χ1v) is 10.3. The summed E-state index contributed by atoms with van der Waals surface area (Å²) in [5.74, 6) is -0.504. The fourth-order valence-electron chi connectivity index (χ4n) is 2.31. The molecule has 8 heteroatoms. The first-order chi connectivity index (χ1) is 11.7. The Morgan fingerprint density at radius 3 is 2.52 bits per heavy atom. The van der Waals surface area contributed by atoms with Crippen molar-refractivity contribution in [2.45, 2.75) is 20.8 Å². The molecular weight excluding hydrogens is 358 g/mol. The van der Waals surface area contributed by atoms with Crippen LogP contribution in [0.5, 0.6) is 0 Å². The van der Waals surface area contributed by atoms with Gasteiger partial charge in [0.25, 0.3) is 5.91 Å². The van der Waals surface area contributed by atoms with Gasteiger partial charge in [0.05, 0.1) is 18.2 Å². The first-order valence-electron chi connectivity index (χ1n) is 7.59. The van der Waals surface area contributed by atoms with Crippen molar-refractivity contribution in [3.8, 4) is 0 Å². The number of hydrazone groups is 1. The average Bonchev–Trinajstić information content (AvgIpc) is 2.90. The summed E-state index contributed by atoms with van der Waals surface area (Å²) < 4.78 is 25.3. The zero-order valence-electron chi connectivity index (χ0n) is 14.6. The lowest BCUT2D eigenvalue weighted by atomic mass is 10.1. The molecule has 134 valence electrons. The highest BCUT2D eigenvalue weighted by Crippen LogP contribution is 2.23. The first kappa shape index (κ1) is 19.1. The number of carbonyl (C=O) groups excluding carboxylic acids is 1. The second-order valence-corrected chi connectivity index (χ2v) is 8.68. The van der Waals surface area contributed by atoms with Gasteiger partial charge < -0.3 is 0 Å². The predicted octanol–water partition coefficient (Wildman–Crippen LogP) is 2.59. The summed E-state index contributed by atoms with van der Waals surface area (Å²) >= 11 is 1.51. The number of nitrogens with one attached hydrogen (secondary N) is 1. The number of hydrogen-bond acceptors (Lipinski definition) is 5. The van der Waals surface area contributed by atoms with Crippen molar-refractivity contribution >= 4 is 39.2 Å². The van der Waals surface area contributed by atoms with Crippen molar-refractivity contribution in [1.82, 2.24) is 5.43 Å². The Bertz CT molecular complexity index is 902. The number of aryl methyl sites for hydroxylation is 3. The standard InChI is InChI=1S/C17H21N3O3S2/c1-12-5-6-15(14(3)9-12)20(25(4,22)23)11-17(21)19-18-10-16-13(2)7-8-24-16/h5-10H,11H2,1-4H3,(H,19,21)/b18-10-. The van der Waals surface area contributed by atoms with Crippen LogP contribution in [0.1, 0.15) is 21.6 Å².